The molecule has 6 nitrogen and oxygen atoms in total. The molecule has 0 saturated carbocycles. The number of hydrogen-bond donors (Lipinski definition) is 1. The molecular formula is C11H14N2O4S2. The van der Waals surface area contributed by atoms with E-state index in [4.69, 9.17) is 5.26 Å². The van der Waals surface area contributed by atoms with Crippen molar-refractivity contribution >= 4 is 19.9 Å². The molecule has 0 aliphatic rings. The van der Waals surface area contributed by atoms with Gasteiger partial charge in [-0.2, -0.15) is 5.26 Å². The van der Waals surface area contributed by atoms with Crippen molar-refractivity contribution in [2.75, 3.05) is 17.8 Å². The minimum Gasteiger partial charge on any atom is -0.229 e. The third kappa shape index (κ3) is 6.33. The van der Waals surface area contributed by atoms with Crippen molar-refractivity contribution in [1.82, 2.24) is 4.72 Å². The van der Waals surface area contributed by atoms with E-state index in [-0.39, 0.29) is 6.54 Å². The smallest absolute Gasteiger partial charge is 0.212 e. The Labute approximate surface area is 113 Å². The number of sulfone groups is 1. The molecule has 0 aliphatic heterocycles. The second-order valence-corrected chi connectivity index (χ2v) is 8.26. The molecule has 0 amide bonds. The largest absolute Gasteiger partial charge is 0.229 e. The Morgan fingerprint density at radius 1 is 1.11 bits per heavy atom. The molecular weight excluding hydrogens is 288 g/mol. The van der Waals surface area contributed by atoms with Crippen LogP contribution in [0, 0.1) is 11.3 Å². The number of nitrogens with one attached hydrogen (secondary N) is 1. The monoisotopic (exact) mass is 302 g/mol. The average Bonchev–Trinajstić information content (AvgIpc) is 2.34. The van der Waals surface area contributed by atoms with E-state index >= 15 is 0 Å². The van der Waals surface area contributed by atoms with Gasteiger partial charge in [0.1, 0.15) is 9.84 Å². The van der Waals surface area contributed by atoms with Crippen molar-refractivity contribution in [1.29, 1.82) is 5.26 Å². The van der Waals surface area contributed by atoms with Crippen molar-refractivity contribution in [3.63, 3.8) is 0 Å². The van der Waals surface area contributed by atoms with Crippen LogP contribution in [0.1, 0.15) is 11.1 Å². The number of rotatable bonds is 6. The summed E-state index contributed by atoms with van der Waals surface area (Å²) in [6, 6.07) is 8.40. The predicted molar refractivity (Wildman–Crippen MR) is 71.5 cm³/mol. The maximum absolute atomic E-state index is 11.5. The van der Waals surface area contributed by atoms with Gasteiger partial charge in [0.05, 0.1) is 23.1 Å². The van der Waals surface area contributed by atoms with Gasteiger partial charge in [-0.1, -0.05) is 12.1 Å². The molecule has 104 valence electrons. The van der Waals surface area contributed by atoms with Crippen LogP contribution in [-0.4, -0.2) is 34.6 Å². The van der Waals surface area contributed by atoms with Crippen LogP contribution in [0.15, 0.2) is 24.3 Å². The second kappa shape index (κ2) is 6.14. The highest BCUT2D eigenvalue weighted by atomic mass is 32.2. The highest BCUT2D eigenvalue weighted by molar-refractivity contribution is 7.93. The first-order valence-electron chi connectivity index (χ1n) is 5.36. The molecule has 0 aliphatic carbocycles. The third-order valence-electron chi connectivity index (χ3n) is 2.30. The maximum Gasteiger partial charge on any atom is 0.212 e. The number of hydrogen-bond acceptors (Lipinski definition) is 5. The predicted octanol–water partition coefficient (Wildman–Crippen LogP) is 0.0223. The highest BCUT2D eigenvalue weighted by Crippen LogP contribution is 2.03. The molecule has 1 rings (SSSR count). The Bertz CT molecular complexity index is 670. The number of benzene rings is 1. The van der Waals surface area contributed by atoms with Gasteiger partial charge in [0, 0.05) is 12.8 Å². The summed E-state index contributed by atoms with van der Waals surface area (Å²) in [6.07, 6.45) is 0.989. The van der Waals surface area contributed by atoms with Crippen LogP contribution in [-0.2, 0) is 26.4 Å². The minimum atomic E-state index is -3.62. The number of nitriles is 1. The summed E-state index contributed by atoms with van der Waals surface area (Å²) in [5, 5.41) is 8.62. The van der Waals surface area contributed by atoms with E-state index in [9.17, 15) is 16.8 Å². The van der Waals surface area contributed by atoms with E-state index in [2.05, 4.69) is 4.72 Å². The van der Waals surface area contributed by atoms with Gasteiger partial charge in [-0.15, -0.1) is 0 Å². The fraction of sp³-hybridized carbons (Fsp3) is 0.364. The van der Waals surface area contributed by atoms with Crippen LogP contribution in [0.25, 0.3) is 0 Å². The molecule has 0 fully saturated rings. The number of nitrogens with zero attached hydrogens (tertiary/aromatic N) is 1. The lowest BCUT2D eigenvalue weighted by Gasteiger charge is -2.06. The quantitative estimate of drug-likeness (QED) is 0.798. The van der Waals surface area contributed by atoms with E-state index in [1.54, 1.807) is 24.3 Å². The van der Waals surface area contributed by atoms with Crippen molar-refractivity contribution in [2.24, 2.45) is 0 Å². The van der Waals surface area contributed by atoms with Gasteiger partial charge >= 0.3 is 0 Å². The Morgan fingerprint density at radius 2 is 1.68 bits per heavy atom. The van der Waals surface area contributed by atoms with Crippen molar-refractivity contribution in [3.05, 3.63) is 35.4 Å². The molecule has 0 saturated heterocycles. The molecule has 1 aromatic rings. The lowest BCUT2D eigenvalue weighted by atomic mass is 10.1. The van der Waals surface area contributed by atoms with E-state index in [1.807, 2.05) is 6.07 Å². The Hall–Kier alpha value is -1.43. The average molecular weight is 302 g/mol. The van der Waals surface area contributed by atoms with E-state index in [1.165, 1.54) is 0 Å². The van der Waals surface area contributed by atoms with Crippen LogP contribution in [0.3, 0.4) is 0 Å². The highest BCUT2D eigenvalue weighted by Gasteiger charge is 2.13. The van der Waals surface area contributed by atoms with E-state index in [0.29, 0.717) is 11.1 Å². The first-order valence-corrected chi connectivity index (χ1v) is 9.07. The topological polar surface area (TPSA) is 104 Å². The lowest BCUT2D eigenvalue weighted by molar-refractivity contribution is 0.579. The summed E-state index contributed by atoms with van der Waals surface area (Å²) < 4.78 is 47.2. The van der Waals surface area contributed by atoms with Gasteiger partial charge in [-0.3, -0.25) is 0 Å². The van der Waals surface area contributed by atoms with Crippen molar-refractivity contribution in [3.8, 4) is 6.07 Å². The van der Waals surface area contributed by atoms with Crippen molar-refractivity contribution < 1.29 is 16.8 Å². The summed E-state index contributed by atoms with van der Waals surface area (Å²) >= 11 is 0. The molecule has 1 N–H and O–H groups in total. The standard InChI is InChI=1S/C11H14N2O4S2/c1-18(14,15)6-7-19(16,17)13-9-11-4-2-10(8-12)3-5-11/h2-5,13H,6-7,9H2,1H3. The SMILES string of the molecule is CS(=O)(=O)CCS(=O)(=O)NCc1ccc(C#N)cc1. The van der Waals surface area contributed by atoms with E-state index < -0.39 is 31.4 Å². The molecule has 0 heterocycles. The minimum absolute atomic E-state index is 0.0673. The van der Waals surface area contributed by atoms with Gasteiger partial charge in [0.2, 0.25) is 10.0 Å². The molecule has 0 unspecified atom stereocenters. The second-order valence-electron chi connectivity index (χ2n) is 4.08. The molecule has 0 aromatic heterocycles. The molecule has 8 heteroatoms. The molecule has 0 atom stereocenters. The Balaban J connectivity index is 2.58. The van der Waals surface area contributed by atoms with Gasteiger partial charge in [0.15, 0.2) is 0 Å². The van der Waals surface area contributed by atoms with Crippen LogP contribution >= 0.6 is 0 Å². The molecule has 0 bridgehead atoms. The summed E-state index contributed by atoms with van der Waals surface area (Å²) in [6.45, 7) is 0.0673. The number of sulfonamides is 1. The molecule has 0 radical (unpaired) electrons. The zero-order chi connectivity index (χ0) is 14.5. The van der Waals surface area contributed by atoms with Crippen molar-refractivity contribution in [2.45, 2.75) is 6.54 Å². The van der Waals surface area contributed by atoms with Crippen LogP contribution < -0.4 is 4.72 Å². The van der Waals surface area contributed by atoms with Crippen LogP contribution in [0.5, 0.6) is 0 Å². The first-order chi connectivity index (χ1) is 8.72. The van der Waals surface area contributed by atoms with Gasteiger partial charge < -0.3 is 0 Å². The van der Waals surface area contributed by atoms with Gasteiger partial charge in [-0.05, 0) is 17.7 Å². The fourth-order valence-electron chi connectivity index (χ4n) is 1.22. The maximum atomic E-state index is 11.5. The van der Waals surface area contributed by atoms with Gasteiger partial charge in [-0.25, -0.2) is 21.6 Å². The fourth-order valence-corrected chi connectivity index (χ4v) is 3.84. The Kier molecular flexibility index (Phi) is 5.05. The summed E-state index contributed by atoms with van der Waals surface area (Å²) in [4.78, 5) is 0. The van der Waals surface area contributed by atoms with Crippen LogP contribution in [0.4, 0.5) is 0 Å². The zero-order valence-corrected chi connectivity index (χ0v) is 12.0. The van der Waals surface area contributed by atoms with Crippen LogP contribution in [0.2, 0.25) is 0 Å². The zero-order valence-electron chi connectivity index (χ0n) is 10.3. The molecule has 19 heavy (non-hydrogen) atoms. The molecule has 1 aromatic carbocycles. The van der Waals surface area contributed by atoms with Gasteiger partial charge in [0.25, 0.3) is 0 Å². The summed E-state index contributed by atoms with van der Waals surface area (Å²) in [7, 11) is -6.93. The lowest BCUT2D eigenvalue weighted by Crippen LogP contribution is -2.29. The Morgan fingerprint density at radius 3 is 2.16 bits per heavy atom. The molecule has 0 spiro atoms. The third-order valence-corrected chi connectivity index (χ3v) is 4.83. The normalized spacial score (nSPS) is 12.0. The first kappa shape index (κ1) is 15.6. The summed E-state index contributed by atoms with van der Waals surface area (Å²) in [5.74, 6) is -0.863. The summed E-state index contributed by atoms with van der Waals surface area (Å²) in [5.41, 5.74) is 1.19. The van der Waals surface area contributed by atoms with E-state index in [0.717, 1.165) is 6.26 Å².